The molecule has 2 N–H and O–H groups in total. The minimum absolute atomic E-state index is 0.0922. The van der Waals surface area contributed by atoms with Crippen LogP contribution in [0.1, 0.15) is 11.7 Å². The average molecular weight is 422 g/mol. The topological polar surface area (TPSA) is 117 Å². The lowest BCUT2D eigenvalue weighted by Crippen LogP contribution is -2.45. The number of aliphatic hydroxyl groups is 1. The normalized spacial score (nSPS) is 26.3. The van der Waals surface area contributed by atoms with Gasteiger partial charge in [0.1, 0.15) is 11.9 Å². The van der Waals surface area contributed by atoms with Crippen LogP contribution >= 0.6 is 0 Å². The van der Waals surface area contributed by atoms with E-state index in [9.17, 15) is 32.6 Å². The number of sulfonamides is 1. The molecular weight excluding hydrogens is 403 g/mol. The Morgan fingerprint density at radius 2 is 1.86 bits per heavy atom. The van der Waals surface area contributed by atoms with Gasteiger partial charge in [-0.3, -0.25) is 9.59 Å². The molecule has 1 aromatic carbocycles. The summed E-state index contributed by atoms with van der Waals surface area (Å²) in [6, 6.07) is 6.33. The molecule has 0 radical (unpaired) electrons. The molecular formula is C19H19FN2O6S. The van der Waals surface area contributed by atoms with E-state index in [2.05, 4.69) is 0 Å². The molecule has 8 nitrogen and oxygen atoms in total. The zero-order chi connectivity index (χ0) is 21.1. The summed E-state index contributed by atoms with van der Waals surface area (Å²) in [5.74, 6) is -3.16. The molecule has 4 rings (SSSR count). The number of rotatable bonds is 4. The van der Waals surface area contributed by atoms with Crippen molar-refractivity contribution in [2.75, 3.05) is 12.9 Å². The second-order valence-corrected chi connectivity index (χ2v) is 9.31. The standard InChI is InChI=1S/C19H19FN2O6S/c1-29(27,28)22-16-13(14(9-23)17(22)19(25)26)8-21-15(16)7-6-12(18(21)24)10-2-4-11(20)5-3-10/h2-7,13-14,16-17,23H,8-9H2,1H3,(H,25,26)/t13-,14-,16+,17-/m1/s1. The summed E-state index contributed by atoms with van der Waals surface area (Å²) < 4.78 is 40.4. The van der Waals surface area contributed by atoms with Gasteiger partial charge in [-0.25, -0.2) is 12.8 Å². The van der Waals surface area contributed by atoms with Crippen molar-refractivity contribution in [2.24, 2.45) is 11.8 Å². The maximum absolute atomic E-state index is 13.2. The molecule has 1 aromatic heterocycles. The lowest BCUT2D eigenvalue weighted by atomic mass is 9.88. The van der Waals surface area contributed by atoms with Gasteiger partial charge in [-0.15, -0.1) is 0 Å². The second kappa shape index (κ2) is 6.75. The minimum Gasteiger partial charge on any atom is -0.480 e. The first kappa shape index (κ1) is 19.7. The molecule has 2 aromatic rings. The largest absolute Gasteiger partial charge is 0.480 e. The molecule has 0 bridgehead atoms. The van der Waals surface area contributed by atoms with Crippen molar-refractivity contribution < 1.29 is 27.8 Å². The number of carboxylic acid groups (broad SMARTS) is 1. The van der Waals surface area contributed by atoms with E-state index in [1.54, 1.807) is 6.07 Å². The third-order valence-corrected chi connectivity index (χ3v) is 7.04. The Morgan fingerprint density at radius 3 is 2.41 bits per heavy atom. The van der Waals surface area contributed by atoms with E-state index < -0.39 is 52.3 Å². The Morgan fingerprint density at radius 1 is 1.21 bits per heavy atom. The SMILES string of the molecule is CS(=O)(=O)N1[C@@H]2c3ccc(-c4ccc(F)cc4)c(=O)n3C[C@@H]2[C@@H](CO)[C@@H]1C(=O)O. The highest BCUT2D eigenvalue weighted by Crippen LogP contribution is 2.50. The van der Waals surface area contributed by atoms with E-state index >= 15 is 0 Å². The fourth-order valence-corrected chi connectivity index (χ4v) is 5.98. The van der Waals surface area contributed by atoms with Crippen molar-refractivity contribution in [3.8, 4) is 11.1 Å². The van der Waals surface area contributed by atoms with E-state index in [1.165, 1.54) is 34.9 Å². The van der Waals surface area contributed by atoms with Crippen molar-refractivity contribution in [3.63, 3.8) is 0 Å². The molecule has 2 aliphatic heterocycles. The van der Waals surface area contributed by atoms with E-state index in [-0.39, 0.29) is 12.1 Å². The van der Waals surface area contributed by atoms with E-state index in [4.69, 9.17) is 0 Å². The quantitative estimate of drug-likeness (QED) is 0.748. The monoisotopic (exact) mass is 422 g/mol. The fourth-order valence-electron chi connectivity index (χ4n) is 4.64. The lowest BCUT2D eigenvalue weighted by molar-refractivity contribution is -0.142. The van der Waals surface area contributed by atoms with Crippen molar-refractivity contribution in [1.82, 2.24) is 8.87 Å². The van der Waals surface area contributed by atoms with Gasteiger partial charge in [0, 0.05) is 36.2 Å². The number of aliphatic hydroxyl groups excluding tert-OH is 1. The van der Waals surface area contributed by atoms with Crippen LogP contribution in [0.3, 0.4) is 0 Å². The first-order valence-corrected chi connectivity index (χ1v) is 10.8. The Bertz CT molecular complexity index is 1140. The Labute approximate surface area is 165 Å². The van der Waals surface area contributed by atoms with Gasteiger partial charge in [-0.2, -0.15) is 4.31 Å². The van der Waals surface area contributed by atoms with Gasteiger partial charge < -0.3 is 14.8 Å². The smallest absolute Gasteiger partial charge is 0.322 e. The van der Waals surface area contributed by atoms with Crippen molar-refractivity contribution >= 4 is 16.0 Å². The van der Waals surface area contributed by atoms with Crippen LogP contribution in [0.2, 0.25) is 0 Å². The summed E-state index contributed by atoms with van der Waals surface area (Å²) in [6.07, 6.45) is 0.924. The fraction of sp³-hybridized carbons (Fsp3) is 0.368. The van der Waals surface area contributed by atoms with Crippen LogP contribution in [0.25, 0.3) is 11.1 Å². The molecule has 0 aliphatic carbocycles. The Kier molecular flexibility index (Phi) is 4.60. The third-order valence-electron chi connectivity index (χ3n) is 5.82. The second-order valence-electron chi connectivity index (χ2n) is 7.43. The molecule has 4 atom stereocenters. The van der Waals surface area contributed by atoms with Gasteiger partial charge in [0.25, 0.3) is 5.56 Å². The first-order valence-electron chi connectivity index (χ1n) is 8.97. The number of pyridine rings is 1. The molecule has 1 fully saturated rings. The van der Waals surface area contributed by atoms with Crippen molar-refractivity contribution in [3.05, 3.63) is 58.3 Å². The van der Waals surface area contributed by atoms with Crippen LogP contribution in [0.4, 0.5) is 4.39 Å². The van der Waals surface area contributed by atoms with E-state index in [1.807, 2.05) is 0 Å². The number of nitrogens with zero attached hydrogens (tertiary/aromatic N) is 2. The zero-order valence-electron chi connectivity index (χ0n) is 15.4. The number of hydrogen-bond acceptors (Lipinski definition) is 5. The lowest BCUT2D eigenvalue weighted by Gasteiger charge is -2.26. The molecule has 1 saturated heterocycles. The Balaban J connectivity index is 1.86. The maximum Gasteiger partial charge on any atom is 0.322 e. The van der Waals surface area contributed by atoms with Crippen molar-refractivity contribution in [1.29, 1.82) is 0 Å². The minimum atomic E-state index is -3.93. The average Bonchev–Trinajstić information content (AvgIpc) is 3.17. The van der Waals surface area contributed by atoms with Crippen LogP contribution < -0.4 is 5.56 Å². The van der Waals surface area contributed by atoms with Crippen molar-refractivity contribution in [2.45, 2.75) is 18.6 Å². The summed E-state index contributed by atoms with van der Waals surface area (Å²) in [6.45, 7) is -0.424. The summed E-state index contributed by atoms with van der Waals surface area (Å²) in [7, 11) is -3.93. The number of halogens is 1. The predicted molar refractivity (Wildman–Crippen MR) is 101 cm³/mol. The number of hydrogen-bond donors (Lipinski definition) is 2. The van der Waals surface area contributed by atoms with E-state index in [0.29, 0.717) is 16.8 Å². The molecule has 0 saturated carbocycles. The molecule has 29 heavy (non-hydrogen) atoms. The predicted octanol–water partition coefficient (Wildman–Crippen LogP) is 0.662. The van der Waals surface area contributed by atoms with Crippen LogP contribution in [0.15, 0.2) is 41.2 Å². The summed E-state index contributed by atoms with van der Waals surface area (Å²) in [4.78, 5) is 24.9. The van der Waals surface area contributed by atoms with Crippen LogP contribution in [0.5, 0.6) is 0 Å². The first-order chi connectivity index (χ1) is 13.6. The molecule has 10 heteroatoms. The summed E-state index contributed by atoms with van der Waals surface area (Å²) in [5, 5.41) is 19.4. The number of fused-ring (bicyclic) bond motifs is 3. The third kappa shape index (κ3) is 2.98. The molecule has 0 amide bonds. The van der Waals surface area contributed by atoms with Crippen LogP contribution in [-0.2, 0) is 21.4 Å². The van der Waals surface area contributed by atoms with Gasteiger partial charge in [0.05, 0.1) is 12.3 Å². The number of carboxylic acids is 1. The van der Waals surface area contributed by atoms with Crippen LogP contribution in [-0.4, -0.2) is 52.4 Å². The molecule has 3 heterocycles. The number of aromatic nitrogens is 1. The van der Waals surface area contributed by atoms with E-state index in [0.717, 1.165) is 10.6 Å². The van der Waals surface area contributed by atoms with Gasteiger partial charge in [0.2, 0.25) is 10.0 Å². The molecule has 2 aliphatic rings. The number of aliphatic carboxylic acids is 1. The van der Waals surface area contributed by atoms with Gasteiger partial charge in [-0.1, -0.05) is 12.1 Å². The molecule has 154 valence electrons. The van der Waals surface area contributed by atoms with Crippen LogP contribution in [0, 0.1) is 17.7 Å². The summed E-state index contributed by atoms with van der Waals surface area (Å²) in [5.41, 5.74) is 0.861. The highest BCUT2D eigenvalue weighted by atomic mass is 32.2. The molecule has 0 unspecified atom stereocenters. The summed E-state index contributed by atoms with van der Waals surface area (Å²) >= 11 is 0. The number of carbonyl (C=O) groups is 1. The van der Waals surface area contributed by atoms with Gasteiger partial charge >= 0.3 is 5.97 Å². The maximum atomic E-state index is 13.2. The molecule has 0 spiro atoms. The Hall–Kier alpha value is -2.56. The highest BCUT2D eigenvalue weighted by Gasteiger charge is 2.59. The number of benzene rings is 1. The zero-order valence-corrected chi connectivity index (χ0v) is 16.2. The van der Waals surface area contributed by atoms with Gasteiger partial charge in [0.15, 0.2) is 0 Å². The van der Waals surface area contributed by atoms with Gasteiger partial charge in [-0.05, 0) is 29.8 Å². The highest BCUT2D eigenvalue weighted by molar-refractivity contribution is 7.88.